The molecule has 0 saturated carbocycles. The number of sulfonamides is 1. The molecule has 0 radical (unpaired) electrons. The van der Waals surface area contributed by atoms with Crippen molar-refractivity contribution in [3.63, 3.8) is 0 Å². The predicted octanol–water partition coefficient (Wildman–Crippen LogP) is 4.23. The van der Waals surface area contributed by atoms with Gasteiger partial charge in [-0.05, 0) is 43.2 Å². The fraction of sp³-hybridized carbons (Fsp3) is 0.316. The van der Waals surface area contributed by atoms with E-state index in [0.29, 0.717) is 22.2 Å². The number of nitrogens with one attached hydrogen (secondary N) is 2. The van der Waals surface area contributed by atoms with Crippen LogP contribution in [-0.4, -0.2) is 26.1 Å². The van der Waals surface area contributed by atoms with Crippen molar-refractivity contribution >= 4 is 50.9 Å². The standard InChI is InChI=1S/C19H22Cl2N2O3S2/c1-13(2)23-28(25,26)12-15-5-3-14(4-6-15)10-22-19(24)11-27-18-9-16(20)7-8-17(18)21/h3-9,13,23H,10-12H2,1-2H3,(H,22,24). The molecule has 0 aliphatic heterocycles. The van der Waals surface area contributed by atoms with Gasteiger partial charge in [0.15, 0.2) is 0 Å². The number of carbonyl (C=O) groups is 1. The number of thioether (sulfide) groups is 1. The van der Waals surface area contributed by atoms with Crippen molar-refractivity contribution in [2.45, 2.75) is 37.1 Å². The molecule has 0 spiro atoms. The second-order valence-corrected chi connectivity index (χ2v) is 10.1. The minimum absolute atomic E-state index is 0.0745. The number of benzene rings is 2. The van der Waals surface area contributed by atoms with Crippen LogP contribution in [0.5, 0.6) is 0 Å². The molecule has 0 unspecified atom stereocenters. The summed E-state index contributed by atoms with van der Waals surface area (Å²) >= 11 is 13.3. The van der Waals surface area contributed by atoms with Crippen LogP contribution in [-0.2, 0) is 27.1 Å². The first-order chi connectivity index (χ1) is 13.1. The summed E-state index contributed by atoms with van der Waals surface area (Å²) in [6.07, 6.45) is 0. The number of hydrogen-bond acceptors (Lipinski definition) is 4. The number of halogens is 2. The van der Waals surface area contributed by atoms with Gasteiger partial charge in [0.05, 0.1) is 16.5 Å². The van der Waals surface area contributed by atoms with Crippen molar-refractivity contribution in [2.75, 3.05) is 5.75 Å². The van der Waals surface area contributed by atoms with E-state index < -0.39 is 10.0 Å². The van der Waals surface area contributed by atoms with Crippen LogP contribution < -0.4 is 10.0 Å². The van der Waals surface area contributed by atoms with E-state index in [1.165, 1.54) is 11.8 Å². The highest BCUT2D eigenvalue weighted by Crippen LogP contribution is 2.29. The highest BCUT2D eigenvalue weighted by Gasteiger charge is 2.13. The summed E-state index contributed by atoms with van der Waals surface area (Å²) in [5, 5.41) is 3.95. The largest absolute Gasteiger partial charge is 0.351 e. The van der Waals surface area contributed by atoms with E-state index >= 15 is 0 Å². The molecule has 0 fully saturated rings. The highest BCUT2D eigenvalue weighted by atomic mass is 35.5. The van der Waals surface area contributed by atoms with Crippen molar-refractivity contribution in [3.8, 4) is 0 Å². The molecule has 0 aliphatic carbocycles. The van der Waals surface area contributed by atoms with Gasteiger partial charge < -0.3 is 5.32 Å². The first-order valence-corrected chi connectivity index (χ1v) is 12.0. The molecule has 152 valence electrons. The molecule has 2 rings (SSSR count). The van der Waals surface area contributed by atoms with Crippen LogP contribution in [0.15, 0.2) is 47.4 Å². The first kappa shape index (κ1) is 23.0. The molecular weight excluding hydrogens is 439 g/mol. The SMILES string of the molecule is CC(C)NS(=O)(=O)Cc1ccc(CNC(=O)CSc2cc(Cl)ccc2Cl)cc1. The Morgan fingerprint density at radius 2 is 1.71 bits per heavy atom. The third-order valence-electron chi connectivity index (χ3n) is 3.54. The molecule has 2 N–H and O–H groups in total. The quantitative estimate of drug-likeness (QED) is 0.548. The van der Waals surface area contributed by atoms with Crippen molar-refractivity contribution in [2.24, 2.45) is 0 Å². The number of rotatable bonds is 9. The Labute approximate surface area is 180 Å². The maximum atomic E-state index is 12.0. The summed E-state index contributed by atoms with van der Waals surface area (Å²) in [5.74, 6) is 0.0142. The normalized spacial score (nSPS) is 11.6. The van der Waals surface area contributed by atoms with E-state index in [1.807, 2.05) is 12.1 Å². The fourth-order valence-electron chi connectivity index (χ4n) is 2.36. The Morgan fingerprint density at radius 3 is 2.36 bits per heavy atom. The van der Waals surface area contributed by atoms with Crippen LogP contribution >= 0.6 is 35.0 Å². The molecule has 2 aromatic rings. The monoisotopic (exact) mass is 460 g/mol. The Morgan fingerprint density at radius 1 is 1.07 bits per heavy atom. The lowest BCUT2D eigenvalue weighted by Crippen LogP contribution is -2.31. The Bertz CT molecular complexity index is 917. The lowest BCUT2D eigenvalue weighted by Gasteiger charge is -2.10. The zero-order chi connectivity index (χ0) is 20.7. The van der Waals surface area contributed by atoms with Crippen LogP contribution in [0.2, 0.25) is 10.0 Å². The summed E-state index contributed by atoms with van der Waals surface area (Å²) < 4.78 is 26.5. The molecule has 1 amide bonds. The lowest BCUT2D eigenvalue weighted by molar-refractivity contribution is -0.118. The second kappa shape index (κ2) is 10.5. The van der Waals surface area contributed by atoms with E-state index in [0.717, 1.165) is 10.5 Å². The average Bonchev–Trinajstić information content (AvgIpc) is 2.60. The van der Waals surface area contributed by atoms with Gasteiger partial charge in [0.25, 0.3) is 0 Å². The molecule has 0 atom stereocenters. The molecule has 0 bridgehead atoms. The van der Waals surface area contributed by atoms with Gasteiger partial charge >= 0.3 is 0 Å². The van der Waals surface area contributed by atoms with E-state index in [9.17, 15) is 13.2 Å². The summed E-state index contributed by atoms with van der Waals surface area (Å²) in [5.41, 5.74) is 1.58. The predicted molar refractivity (Wildman–Crippen MR) is 116 cm³/mol. The second-order valence-electron chi connectivity index (χ2n) is 6.49. The maximum Gasteiger partial charge on any atom is 0.230 e. The molecule has 0 saturated heterocycles. The van der Waals surface area contributed by atoms with E-state index in [1.54, 1.807) is 44.2 Å². The van der Waals surface area contributed by atoms with Gasteiger partial charge in [0.2, 0.25) is 15.9 Å². The molecule has 9 heteroatoms. The van der Waals surface area contributed by atoms with Gasteiger partial charge in [-0.3, -0.25) is 4.79 Å². The molecule has 28 heavy (non-hydrogen) atoms. The molecule has 0 aliphatic rings. The van der Waals surface area contributed by atoms with Crippen LogP contribution in [0.1, 0.15) is 25.0 Å². The van der Waals surface area contributed by atoms with Crippen molar-refractivity contribution < 1.29 is 13.2 Å². The zero-order valence-electron chi connectivity index (χ0n) is 15.5. The molecular formula is C19H22Cl2N2O3S2. The van der Waals surface area contributed by atoms with E-state index in [4.69, 9.17) is 23.2 Å². The number of carbonyl (C=O) groups excluding carboxylic acids is 1. The maximum absolute atomic E-state index is 12.0. The lowest BCUT2D eigenvalue weighted by atomic mass is 10.1. The summed E-state index contributed by atoms with van der Waals surface area (Å²) in [6.45, 7) is 3.92. The highest BCUT2D eigenvalue weighted by molar-refractivity contribution is 8.00. The van der Waals surface area contributed by atoms with Crippen LogP contribution in [0.4, 0.5) is 0 Å². The Hall–Kier alpha value is -1.25. The Balaban J connectivity index is 1.82. The minimum atomic E-state index is -3.36. The van der Waals surface area contributed by atoms with Crippen molar-refractivity contribution in [3.05, 3.63) is 63.6 Å². The third kappa shape index (κ3) is 8.01. The molecule has 0 aromatic heterocycles. The van der Waals surface area contributed by atoms with E-state index in [2.05, 4.69) is 10.0 Å². The number of hydrogen-bond donors (Lipinski definition) is 2. The van der Waals surface area contributed by atoms with Gasteiger partial charge in [-0.25, -0.2) is 13.1 Å². The van der Waals surface area contributed by atoms with Crippen LogP contribution in [0, 0.1) is 0 Å². The Kier molecular flexibility index (Phi) is 8.64. The zero-order valence-corrected chi connectivity index (χ0v) is 18.7. The van der Waals surface area contributed by atoms with Crippen molar-refractivity contribution in [1.29, 1.82) is 0 Å². The third-order valence-corrected chi connectivity index (χ3v) is 6.81. The summed E-state index contributed by atoms with van der Waals surface area (Å²) in [6, 6.07) is 12.1. The average molecular weight is 461 g/mol. The van der Waals surface area contributed by atoms with Gasteiger partial charge in [-0.2, -0.15) is 0 Å². The van der Waals surface area contributed by atoms with E-state index in [-0.39, 0.29) is 23.5 Å². The molecule has 0 heterocycles. The van der Waals surface area contributed by atoms with Gasteiger partial charge in [0, 0.05) is 22.5 Å². The molecule has 5 nitrogen and oxygen atoms in total. The number of amides is 1. The fourth-order valence-corrected chi connectivity index (χ4v) is 5.11. The summed E-state index contributed by atoms with van der Waals surface area (Å²) in [4.78, 5) is 12.8. The molecule has 2 aromatic carbocycles. The first-order valence-electron chi connectivity index (χ1n) is 8.57. The summed E-state index contributed by atoms with van der Waals surface area (Å²) in [7, 11) is -3.36. The van der Waals surface area contributed by atoms with Gasteiger partial charge in [-0.15, -0.1) is 11.8 Å². The van der Waals surface area contributed by atoms with Gasteiger partial charge in [-0.1, -0.05) is 47.5 Å². The van der Waals surface area contributed by atoms with Crippen LogP contribution in [0.3, 0.4) is 0 Å². The van der Waals surface area contributed by atoms with Crippen molar-refractivity contribution in [1.82, 2.24) is 10.0 Å². The van der Waals surface area contributed by atoms with Gasteiger partial charge in [0.1, 0.15) is 0 Å². The smallest absolute Gasteiger partial charge is 0.230 e. The topological polar surface area (TPSA) is 75.3 Å². The van der Waals surface area contributed by atoms with Crippen LogP contribution in [0.25, 0.3) is 0 Å². The minimum Gasteiger partial charge on any atom is -0.351 e.